The van der Waals surface area contributed by atoms with Crippen molar-refractivity contribution in [2.75, 3.05) is 81.0 Å². The standard InChI is InChI=1S/C57H65ClN9O14PS/c1-33(2)50(59)52(69)63-42(14-9-22-61-55(60)72)51(68)62-36-17-15-34(16-18-36)32-79-56(73)64(3)24-25-65(26-27-78-4)57(74)80-45-28-43-38(37-10-5-6-11-39(37)45)21-23-66(43)53(70)47-19-20-48(83-47)54(71)67-31-35(30-58)49-41-13-8-7-12-40(41)46(29-44(49)67)81-82(75,76)77/h5-8,10-13,15-20,28-29,33,35,42,50H,9,14,21-27,30-32,59H2,1-4H3,(H,62,68)(H,63,69)(H3,60,61,72)(H2,75,76,77)/t35-,42+,50+/m1/s1. The highest BCUT2D eigenvalue weighted by Crippen LogP contribution is 2.50. The summed E-state index contributed by atoms with van der Waals surface area (Å²) in [6.07, 6.45) is -0.379. The number of phosphoric ester groups is 1. The summed E-state index contributed by atoms with van der Waals surface area (Å²) in [6, 6.07) is 24.6. The lowest BCUT2D eigenvalue weighted by atomic mass is 9.95. The fraction of sp³-hybridized carbons (Fsp3) is 0.351. The number of anilines is 3. The van der Waals surface area contributed by atoms with Crippen LogP contribution in [0.2, 0.25) is 0 Å². The number of hydrogen-bond acceptors (Lipinski definition) is 14. The zero-order valence-electron chi connectivity index (χ0n) is 46.0. The molecule has 26 heteroatoms. The number of hydrogen-bond donors (Lipinski definition) is 7. The number of urea groups is 1. The van der Waals surface area contributed by atoms with Crippen molar-refractivity contribution in [1.29, 1.82) is 0 Å². The summed E-state index contributed by atoms with van der Waals surface area (Å²) >= 11 is 7.46. The van der Waals surface area contributed by atoms with Crippen LogP contribution < -0.4 is 46.5 Å². The van der Waals surface area contributed by atoms with Gasteiger partial charge in [-0.15, -0.1) is 22.9 Å². The molecule has 0 radical (unpaired) electrons. The van der Waals surface area contributed by atoms with E-state index in [0.29, 0.717) is 58.2 Å². The molecule has 0 aliphatic carbocycles. The molecule has 8 rings (SSSR count). The number of amides is 8. The summed E-state index contributed by atoms with van der Waals surface area (Å²) in [5.41, 5.74) is 14.7. The first-order valence-corrected chi connectivity index (χ1v) is 29.5. The Labute approximate surface area is 487 Å². The highest BCUT2D eigenvalue weighted by molar-refractivity contribution is 7.46. The predicted molar refractivity (Wildman–Crippen MR) is 314 cm³/mol. The second kappa shape index (κ2) is 27.0. The number of methoxy groups -OCH3 is 1. The number of nitrogens with one attached hydrogen (secondary N) is 3. The van der Waals surface area contributed by atoms with E-state index in [0.717, 1.165) is 27.8 Å². The Hall–Kier alpha value is -7.83. The van der Waals surface area contributed by atoms with Gasteiger partial charge in [-0.25, -0.2) is 18.9 Å². The number of thiophene rings is 1. The van der Waals surface area contributed by atoms with Crippen LogP contribution in [0.5, 0.6) is 11.5 Å². The summed E-state index contributed by atoms with van der Waals surface area (Å²) < 4.78 is 34.2. The number of fused-ring (bicyclic) bond motifs is 6. The number of primary amides is 1. The van der Waals surface area contributed by atoms with Gasteiger partial charge in [0.2, 0.25) is 11.8 Å². The van der Waals surface area contributed by atoms with Gasteiger partial charge in [0, 0.05) is 93.8 Å². The third kappa shape index (κ3) is 14.7. The SMILES string of the molecule is COCCN(CCN(C)C(=O)OCc1ccc(NC(=O)[C@H](CCCNC(N)=O)NC(=O)[C@@H](N)C(C)C)cc1)C(=O)Oc1cc2c(c3ccccc13)CCN2C(=O)c1ccc(C(=O)N2C[C@@H](CCl)c3c2cc(OP(=O)(O)O)c2ccccc32)s1. The second-order valence-corrected chi connectivity index (χ2v) is 22.8. The van der Waals surface area contributed by atoms with E-state index in [1.165, 1.54) is 34.9 Å². The summed E-state index contributed by atoms with van der Waals surface area (Å²) in [5.74, 6) is -2.04. The van der Waals surface area contributed by atoms with Gasteiger partial charge in [-0.2, -0.15) is 0 Å². The lowest BCUT2D eigenvalue weighted by Gasteiger charge is -2.25. The molecule has 2 aliphatic heterocycles. The van der Waals surface area contributed by atoms with Crippen LogP contribution in [0.3, 0.4) is 0 Å². The topological polar surface area (TPSA) is 315 Å². The number of nitrogens with two attached hydrogens (primary N) is 2. The third-order valence-corrected chi connectivity index (χ3v) is 16.1. The fourth-order valence-corrected chi connectivity index (χ4v) is 11.4. The molecular formula is C57H65ClN9O14PS. The third-order valence-electron chi connectivity index (χ3n) is 14.3. The Morgan fingerprint density at radius 1 is 0.819 bits per heavy atom. The van der Waals surface area contributed by atoms with Gasteiger partial charge < -0.3 is 65.8 Å². The molecule has 0 saturated heterocycles. The quantitative estimate of drug-likeness (QED) is 0.0188. The van der Waals surface area contributed by atoms with Gasteiger partial charge in [0.05, 0.1) is 33.8 Å². The van der Waals surface area contributed by atoms with E-state index in [2.05, 4.69) is 16.0 Å². The van der Waals surface area contributed by atoms with Crippen LogP contribution in [0.15, 0.2) is 97.1 Å². The predicted octanol–water partition coefficient (Wildman–Crippen LogP) is 7.28. The van der Waals surface area contributed by atoms with Crippen LogP contribution in [-0.4, -0.2) is 139 Å². The van der Waals surface area contributed by atoms with Crippen LogP contribution in [-0.2, 0) is 36.7 Å². The summed E-state index contributed by atoms with van der Waals surface area (Å²) in [4.78, 5) is 119. The molecule has 9 N–H and O–H groups in total. The van der Waals surface area contributed by atoms with Crippen molar-refractivity contribution >= 4 is 111 Å². The largest absolute Gasteiger partial charge is 0.524 e. The van der Waals surface area contributed by atoms with Crippen LogP contribution in [0.4, 0.5) is 31.4 Å². The number of rotatable bonds is 23. The van der Waals surface area contributed by atoms with Gasteiger partial charge in [0.25, 0.3) is 11.8 Å². The van der Waals surface area contributed by atoms with Crippen molar-refractivity contribution in [2.45, 2.75) is 57.7 Å². The molecule has 0 saturated carbocycles. The van der Waals surface area contributed by atoms with Crippen LogP contribution in [0.25, 0.3) is 21.5 Å². The number of likely N-dealkylation sites (N-methyl/N-ethyl adjacent to an activating group) is 1. The van der Waals surface area contributed by atoms with E-state index in [1.54, 1.807) is 85.5 Å². The van der Waals surface area contributed by atoms with E-state index >= 15 is 0 Å². The number of nitrogens with zero attached hydrogens (tertiary/aromatic N) is 4. The van der Waals surface area contributed by atoms with E-state index in [9.17, 15) is 47.9 Å². The molecule has 2 aliphatic rings. The van der Waals surface area contributed by atoms with Crippen molar-refractivity contribution in [3.8, 4) is 11.5 Å². The van der Waals surface area contributed by atoms with Gasteiger partial charge in [-0.05, 0) is 76.9 Å². The van der Waals surface area contributed by atoms with Crippen molar-refractivity contribution in [3.05, 3.63) is 124 Å². The van der Waals surface area contributed by atoms with Gasteiger partial charge in [0.15, 0.2) is 0 Å². The molecule has 440 valence electrons. The number of benzene rings is 5. The number of halogens is 1. The molecule has 3 heterocycles. The van der Waals surface area contributed by atoms with E-state index in [-0.39, 0.29) is 97.2 Å². The molecule has 0 spiro atoms. The molecule has 0 bridgehead atoms. The molecule has 3 atom stereocenters. The van der Waals surface area contributed by atoms with E-state index in [1.807, 2.05) is 24.3 Å². The Kier molecular flexibility index (Phi) is 20.0. The Morgan fingerprint density at radius 2 is 1.46 bits per heavy atom. The summed E-state index contributed by atoms with van der Waals surface area (Å²) in [5, 5.41) is 10.4. The molecule has 8 amide bonds. The zero-order chi connectivity index (χ0) is 59.7. The van der Waals surface area contributed by atoms with Gasteiger partial charge in [0.1, 0.15) is 24.1 Å². The number of alkyl halides is 1. The minimum Gasteiger partial charge on any atom is -0.445 e. The summed E-state index contributed by atoms with van der Waals surface area (Å²) in [6.45, 7) is 4.45. The highest BCUT2D eigenvalue weighted by Gasteiger charge is 2.38. The maximum Gasteiger partial charge on any atom is 0.524 e. The first-order chi connectivity index (χ1) is 39.7. The first-order valence-electron chi connectivity index (χ1n) is 26.6. The molecule has 83 heavy (non-hydrogen) atoms. The zero-order valence-corrected chi connectivity index (χ0v) is 48.5. The summed E-state index contributed by atoms with van der Waals surface area (Å²) in [7, 11) is -1.97. The van der Waals surface area contributed by atoms with Crippen molar-refractivity contribution < 1.29 is 66.6 Å². The molecule has 5 aromatic carbocycles. The Balaban J connectivity index is 0.901. The first kappa shape index (κ1) is 61.2. The maximum atomic E-state index is 14.5. The van der Waals surface area contributed by atoms with Crippen molar-refractivity contribution in [3.63, 3.8) is 0 Å². The lowest BCUT2D eigenvalue weighted by Crippen LogP contribution is -2.51. The van der Waals surface area contributed by atoms with Crippen LogP contribution in [0.1, 0.15) is 68.6 Å². The number of ether oxygens (including phenoxy) is 3. The minimum atomic E-state index is -4.98. The van der Waals surface area contributed by atoms with Crippen LogP contribution >= 0.6 is 30.8 Å². The fourth-order valence-electron chi connectivity index (χ4n) is 9.84. The molecular weight excluding hydrogens is 1130 g/mol. The van der Waals surface area contributed by atoms with Crippen LogP contribution in [0, 0.1) is 5.92 Å². The second-order valence-electron chi connectivity index (χ2n) is 20.3. The molecule has 0 unspecified atom stereocenters. The van der Waals surface area contributed by atoms with Crippen molar-refractivity contribution in [1.82, 2.24) is 20.4 Å². The number of carbonyl (C=O) groups is 7. The van der Waals surface area contributed by atoms with Gasteiger partial charge in [-0.1, -0.05) is 74.5 Å². The average molecular weight is 1200 g/mol. The van der Waals surface area contributed by atoms with Crippen molar-refractivity contribution in [2.24, 2.45) is 17.4 Å². The molecule has 0 fully saturated rings. The smallest absolute Gasteiger partial charge is 0.445 e. The normalized spacial score (nSPS) is 14.4. The highest BCUT2D eigenvalue weighted by atomic mass is 35.5. The molecule has 23 nitrogen and oxygen atoms in total. The average Bonchev–Trinajstić information content (AvgIpc) is 3.18. The molecule has 1 aromatic heterocycles. The monoisotopic (exact) mass is 1200 g/mol. The number of carbonyl (C=O) groups excluding carboxylic acids is 7. The van der Waals surface area contributed by atoms with Gasteiger partial charge in [-0.3, -0.25) is 29.0 Å². The Bertz CT molecular complexity index is 3470. The molecule has 6 aromatic rings. The van der Waals surface area contributed by atoms with Gasteiger partial charge >= 0.3 is 26.0 Å². The van der Waals surface area contributed by atoms with E-state index < -0.39 is 55.8 Å². The Morgan fingerprint density at radius 3 is 2.10 bits per heavy atom. The van der Waals surface area contributed by atoms with E-state index in [4.69, 9.17) is 41.8 Å². The maximum absolute atomic E-state index is 14.5. The minimum absolute atomic E-state index is 0.0239. The lowest BCUT2D eigenvalue weighted by molar-refractivity contribution is -0.128. The number of phosphoric acid groups is 1.